The first-order chi connectivity index (χ1) is 14.5. The van der Waals surface area contributed by atoms with Gasteiger partial charge >= 0.3 is 0 Å². The Morgan fingerprint density at radius 1 is 1.07 bits per heavy atom. The zero-order valence-electron chi connectivity index (χ0n) is 16.7. The van der Waals surface area contributed by atoms with Gasteiger partial charge in [-0.1, -0.05) is 35.9 Å². The normalized spacial score (nSPS) is 23.2. The lowest BCUT2D eigenvalue weighted by Crippen LogP contribution is -2.50. The molecule has 2 heterocycles. The van der Waals surface area contributed by atoms with Crippen LogP contribution in [0.5, 0.6) is 5.75 Å². The molecule has 0 aliphatic carbocycles. The molecule has 2 amide bonds. The molecule has 4 rings (SSSR count). The molecule has 3 N–H and O–H groups in total. The minimum absolute atomic E-state index is 0.134. The largest absolute Gasteiger partial charge is 0.483 e. The predicted octanol–water partition coefficient (Wildman–Crippen LogP) is 3.13. The minimum atomic E-state index is -0.573. The molecule has 2 bridgehead atoms. The number of primary amides is 1. The summed E-state index contributed by atoms with van der Waals surface area (Å²) in [5.74, 6) is -0.418. The number of fused-ring (bicyclic) bond motifs is 2. The van der Waals surface area contributed by atoms with Gasteiger partial charge in [-0.05, 0) is 55.5 Å². The van der Waals surface area contributed by atoms with Gasteiger partial charge in [0, 0.05) is 29.7 Å². The predicted molar refractivity (Wildman–Crippen MR) is 115 cm³/mol. The lowest BCUT2D eigenvalue weighted by Gasteiger charge is -2.39. The van der Waals surface area contributed by atoms with Crippen molar-refractivity contribution in [3.05, 3.63) is 64.7 Å². The number of hydrogen-bond acceptors (Lipinski definition) is 4. The Bertz CT molecular complexity index is 904. The third-order valence-corrected chi connectivity index (χ3v) is 6.29. The number of para-hydroxylation sites is 1. The van der Waals surface area contributed by atoms with Crippen LogP contribution in [0, 0.1) is 0 Å². The van der Waals surface area contributed by atoms with Crippen LogP contribution in [0.3, 0.4) is 0 Å². The van der Waals surface area contributed by atoms with E-state index in [1.807, 2.05) is 12.1 Å². The molecule has 2 aliphatic rings. The first-order valence-electron chi connectivity index (χ1n) is 10.3. The molecule has 0 spiro atoms. The highest BCUT2D eigenvalue weighted by Gasteiger charge is 2.40. The van der Waals surface area contributed by atoms with Crippen molar-refractivity contribution in [2.75, 3.05) is 6.61 Å². The van der Waals surface area contributed by atoms with Crippen LogP contribution < -0.4 is 15.8 Å². The second kappa shape index (κ2) is 9.06. The molecule has 2 saturated heterocycles. The Morgan fingerprint density at radius 3 is 2.40 bits per heavy atom. The summed E-state index contributed by atoms with van der Waals surface area (Å²) in [5, 5.41) is 3.86. The number of rotatable bonds is 7. The molecule has 2 atom stereocenters. The maximum absolute atomic E-state index is 12.4. The number of piperidine rings is 1. The van der Waals surface area contributed by atoms with Crippen LogP contribution in [0.4, 0.5) is 0 Å². The SMILES string of the molecule is NC(=O)c1ccccc1OCC(=O)NC1CC2CCC(C1)N2Cc1ccc(Cl)cc1. The molecule has 0 aromatic heterocycles. The Labute approximate surface area is 181 Å². The van der Waals surface area contributed by atoms with E-state index in [-0.39, 0.29) is 24.1 Å². The molecular weight excluding hydrogens is 402 g/mol. The molecular formula is C23H26ClN3O3. The van der Waals surface area contributed by atoms with Gasteiger partial charge in [-0.2, -0.15) is 0 Å². The van der Waals surface area contributed by atoms with E-state index in [1.165, 1.54) is 5.56 Å². The van der Waals surface area contributed by atoms with Crippen molar-refractivity contribution in [1.82, 2.24) is 10.2 Å². The maximum atomic E-state index is 12.4. The standard InChI is InChI=1S/C23H26ClN3O3/c24-16-7-5-15(6-8-16)13-27-18-9-10-19(27)12-17(11-18)26-22(28)14-30-21-4-2-1-3-20(21)23(25)29/h1-8,17-19H,9-14H2,(H2,25,29)(H,26,28). The van der Waals surface area contributed by atoms with Crippen molar-refractivity contribution >= 4 is 23.4 Å². The minimum Gasteiger partial charge on any atom is -0.483 e. The molecule has 2 fully saturated rings. The number of carbonyl (C=O) groups excluding carboxylic acids is 2. The Balaban J connectivity index is 1.29. The summed E-state index contributed by atoms with van der Waals surface area (Å²) in [5.41, 5.74) is 6.89. The van der Waals surface area contributed by atoms with Crippen molar-refractivity contribution in [3.8, 4) is 5.75 Å². The maximum Gasteiger partial charge on any atom is 0.258 e. The van der Waals surface area contributed by atoms with Crippen molar-refractivity contribution in [2.45, 2.75) is 50.4 Å². The summed E-state index contributed by atoms with van der Waals surface area (Å²) >= 11 is 5.99. The molecule has 2 aromatic rings. The number of hydrogen-bond donors (Lipinski definition) is 2. The van der Waals surface area contributed by atoms with E-state index < -0.39 is 5.91 Å². The Hall–Kier alpha value is -2.57. The van der Waals surface area contributed by atoms with Gasteiger partial charge in [-0.3, -0.25) is 14.5 Å². The number of ether oxygens (including phenoxy) is 1. The highest BCUT2D eigenvalue weighted by molar-refractivity contribution is 6.30. The number of nitrogens with one attached hydrogen (secondary N) is 1. The third-order valence-electron chi connectivity index (χ3n) is 6.04. The molecule has 2 aromatic carbocycles. The molecule has 158 valence electrons. The number of amides is 2. The molecule has 0 saturated carbocycles. The zero-order chi connectivity index (χ0) is 21.1. The zero-order valence-corrected chi connectivity index (χ0v) is 17.5. The Morgan fingerprint density at radius 2 is 1.73 bits per heavy atom. The first-order valence-corrected chi connectivity index (χ1v) is 10.7. The fourth-order valence-corrected chi connectivity index (χ4v) is 4.79. The van der Waals surface area contributed by atoms with Crippen LogP contribution in [0.15, 0.2) is 48.5 Å². The number of nitrogens with zero attached hydrogens (tertiary/aromatic N) is 1. The Kier molecular flexibility index (Phi) is 6.25. The van der Waals surface area contributed by atoms with Crippen LogP contribution in [0.25, 0.3) is 0 Å². The fourth-order valence-electron chi connectivity index (χ4n) is 4.66. The topological polar surface area (TPSA) is 84.7 Å². The quantitative estimate of drug-likeness (QED) is 0.711. The molecule has 30 heavy (non-hydrogen) atoms. The summed E-state index contributed by atoms with van der Waals surface area (Å²) in [6, 6.07) is 15.8. The monoisotopic (exact) mass is 427 g/mol. The molecule has 2 aliphatic heterocycles. The van der Waals surface area contributed by atoms with Gasteiger partial charge in [0.15, 0.2) is 6.61 Å². The molecule has 7 heteroatoms. The van der Waals surface area contributed by atoms with Gasteiger partial charge in [0.05, 0.1) is 5.56 Å². The van der Waals surface area contributed by atoms with Crippen LogP contribution in [-0.4, -0.2) is 41.4 Å². The van der Waals surface area contributed by atoms with Gasteiger partial charge in [-0.25, -0.2) is 0 Å². The second-order valence-electron chi connectivity index (χ2n) is 8.07. The number of benzene rings is 2. The summed E-state index contributed by atoms with van der Waals surface area (Å²) in [7, 11) is 0. The average molecular weight is 428 g/mol. The van der Waals surface area contributed by atoms with Crippen molar-refractivity contribution in [1.29, 1.82) is 0 Å². The smallest absolute Gasteiger partial charge is 0.258 e. The number of halogens is 1. The highest BCUT2D eigenvalue weighted by atomic mass is 35.5. The van der Waals surface area contributed by atoms with Crippen LogP contribution in [-0.2, 0) is 11.3 Å². The van der Waals surface area contributed by atoms with Gasteiger partial charge in [0.2, 0.25) is 0 Å². The summed E-state index contributed by atoms with van der Waals surface area (Å²) in [6.07, 6.45) is 4.20. The lowest BCUT2D eigenvalue weighted by atomic mass is 9.96. The number of carbonyl (C=O) groups is 2. The van der Waals surface area contributed by atoms with Crippen molar-refractivity contribution in [3.63, 3.8) is 0 Å². The summed E-state index contributed by atoms with van der Waals surface area (Å²) < 4.78 is 5.55. The van der Waals surface area contributed by atoms with E-state index >= 15 is 0 Å². The van der Waals surface area contributed by atoms with Gasteiger partial charge in [0.1, 0.15) is 5.75 Å². The van der Waals surface area contributed by atoms with Crippen LogP contribution in [0.1, 0.15) is 41.6 Å². The average Bonchev–Trinajstić information content (AvgIpc) is 2.96. The highest BCUT2D eigenvalue weighted by Crippen LogP contribution is 2.37. The first kappa shape index (κ1) is 20.7. The van der Waals surface area contributed by atoms with E-state index in [2.05, 4.69) is 22.3 Å². The van der Waals surface area contributed by atoms with E-state index in [0.717, 1.165) is 37.3 Å². The third kappa shape index (κ3) is 4.77. The van der Waals surface area contributed by atoms with Crippen LogP contribution in [0.2, 0.25) is 5.02 Å². The van der Waals surface area contributed by atoms with Crippen molar-refractivity contribution in [2.24, 2.45) is 5.73 Å². The lowest BCUT2D eigenvalue weighted by molar-refractivity contribution is -0.124. The summed E-state index contributed by atoms with van der Waals surface area (Å²) in [4.78, 5) is 26.5. The van der Waals surface area contributed by atoms with Gasteiger partial charge in [-0.15, -0.1) is 0 Å². The molecule has 6 nitrogen and oxygen atoms in total. The van der Waals surface area contributed by atoms with Gasteiger partial charge < -0.3 is 15.8 Å². The van der Waals surface area contributed by atoms with Crippen molar-refractivity contribution < 1.29 is 14.3 Å². The summed E-state index contributed by atoms with van der Waals surface area (Å²) in [6.45, 7) is 0.783. The van der Waals surface area contributed by atoms with E-state index in [9.17, 15) is 9.59 Å². The van der Waals surface area contributed by atoms with E-state index in [4.69, 9.17) is 22.1 Å². The van der Waals surface area contributed by atoms with E-state index in [0.29, 0.717) is 17.8 Å². The van der Waals surface area contributed by atoms with E-state index in [1.54, 1.807) is 24.3 Å². The van der Waals surface area contributed by atoms with Gasteiger partial charge in [0.25, 0.3) is 11.8 Å². The fraction of sp³-hybridized carbons (Fsp3) is 0.391. The van der Waals surface area contributed by atoms with Crippen LogP contribution >= 0.6 is 11.6 Å². The second-order valence-corrected chi connectivity index (χ2v) is 8.51. The number of nitrogens with two attached hydrogens (primary N) is 1. The molecule has 0 radical (unpaired) electrons. The molecule has 2 unspecified atom stereocenters.